The van der Waals surface area contributed by atoms with Crippen molar-refractivity contribution in [2.75, 3.05) is 0 Å². The first kappa shape index (κ1) is 21.6. The van der Waals surface area contributed by atoms with E-state index < -0.39 is 23.0 Å². The third-order valence-corrected chi connectivity index (χ3v) is 7.14. The number of carbonyl (C=O) groups is 1. The number of carboxylic acids is 1. The Kier molecular flexibility index (Phi) is 4.99. The van der Waals surface area contributed by atoms with Crippen LogP contribution in [0.5, 0.6) is 0 Å². The number of fused-ring (bicyclic) bond motifs is 2. The molecule has 0 unspecified atom stereocenters. The van der Waals surface area contributed by atoms with Crippen LogP contribution in [0.4, 0.5) is 8.78 Å². The second-order valence-corrected chi connectivity index (χ2v) is 9.69. The van der Waals surface area contributed by atoms with Crippen LogP contribution in [0.15, 0.2) is 30.5 Å². The largest absolute Gasteiger partial charge is 0.481 e. The zero-order valence-electron chi connectivity index (χ0n) is 18.8. The summed E-state index contributed by atoms with van der Waals surface area (Å²) in [6, 6.07) is 5.91. The first-order chi connectivity index (χ1) is 15.7. The number of nitrogens with one attached hydrogen (secondary N) is 1. The van der Waals surface area contributed by atoms with Gasteiger partial charge in [0.2, 0.25) is 0 Å². The van der Waals surface area contributed by atoms with Gasteiger partial charge in [0.15, 0.2) is 17.3 Å². The molecule has 4 aromatic rings. The van der Waals surface area contributed by atoms with Gasteiger partial charge in [-0.2, -0.15) is 5.10 Å². The Morgan fingerprint density at radius 2 is 1.94 bits per heavy atom. The Bertz CT molecular complexity index is 1380. The Labute approximate surface area is 189 Å². The van der Waals surface area contributed by atoms with Crippen LogP contribution in [-0.4, -0.2) is 30.8 Å². The van der Waals surface area contributed by atoms with Crippen molar-refractivity contribution in [3.05, 3.63) is 53.4 Å². The van der Waals surface area contributed by atoms with Crippen molar-refractivity contribution in [2.45, 2.75) is 58.3 Å². The van der Waals surface area contributed by atoms with Crippen LogP contribution in [0.3, 0.4) is 0 Å². The molecule has 33 heavy (non-hydrogen) atoms. The summed E-state index contributed by atoms with van der Waals surface area (Å²) in [7, 11) is 0. The van der Waals surface area contributed by atoms with Gasteiger partial charge < -0.3 is 9.67 Å². The summed E-state index contributed by atoms with van der Waals surface area (Å²) < 4.78 is 30.0. The van der Waals surface area contributed by atoms with Crippen molar-refractivity contribution in [1.82, 2.24) is 19.7 Å². The summed E-state index contributed by atoms with van der Waals surface area (Å²) in [4.78, 5) is 16.7. The van der Waals surface area contributed by atoms with Gasteiger partial charge in [-0.25, -0.2) is 13.8 Å². The standard InChI is InChI=1S/C25H26F2N4O2/c1-13(2)22-20(14-6-8-25(3,9-7-14)24(32)33)21-19(10-15-12-28-30-23(15)29-21)31(22)16-4-5-17(26)18(27)11-16/h4-5,10-14H,6-9H2,1-3H3,(H,32,33)(H,28,29,30). The van der Waals surface area contributed by atoms with Crippen LogP contribution in [0.25, 0.3) is 27.8 Å². The fourth-order valence-corrected chi connectivity index (χ4v) is 5.24. The highest BCUT2D eigenvalue weighted by Gasteiger charge is 2.40. The van der Waals surface area contributed by atoms with E-state index in [9.17, 15) is 18.7 Å². The second-order valence-electron chi connectivity index (χ2n) is 9.69. The third kappa shape index (κ3) is 3.39. The lowest BCUT2D eigenvalue weighted by atomic mass is 9.69. The average molecular weight is 453 g/mol. The van der Waals surface area contributed by atoms with E-state index in [0.29, 0.717) is 24.2 Å². The molecular formula is C25H26F2N4O2. The zero-order valence-corrected chi connectivity index (χ0v) is 18.8. The summed E-state index contributed by atoms with van der Waals surface area (Å²) >= 11 is 0. The zero-order chi connectivity index (χ0) is 23.5. The molecule has 1 aliphatic rings. The van der Waals surface area contributed by atoms with E-state index in [4.69, 9.17) is 4.98 Å². The molecule has 2 N–H and O–H groups in total. The molecule has 1 fully saturated rings. The van der Waals surface area contributed by atoms with Crippen LogP contribution < -0.4 is 0 Å². The average Bonchev–Trinajstić information content (AvgIpc) is 3.36. The number of carboxylic acid groups (broad SMARTS) is 1. The highest BCUT2D eigenvalue weighted by Crippen LogP contribution is 2.48. The van der Waals surface area contributed by atoms with E-state index in [1.54, 1.807) is 12.3 Å². The summed E-state index contributed by atoms with van der Waals surface area (Å²) in [5.74, 6) is -2.36. The van der Waals surface area contributed by atoms with Crippen molar-refractivity contribution in [1.29, 1.82) is 0 Å². The molecule has 8 heteroatoms. The smallest absolute Gasteiger partial charge is 0.309 e. The molecule has 172 valence electrons. The minimum absolute atomic E-state index is 0.0755. The number of benzene rings is 1. The SMILES string of the molecule is CC(C)c1c(C2CCC(C)(C(=O)O)CC2)c2nc3[nH]ncc3cc2n1-c1ccc(F)c(F)c1. The van der Waals surface area contributed by atoms with Gasteiger partial charge in [-0.1, -0.05) is 13.8 Å². The van der Waals surface area contributed by atoms with E-state index in [2.05, 4.69) is 24.0 Å². The molecule has 5 rings (SSSR count). The minimum Gasteiger partial charge on any atom is -0.481 e. The van der Waals surface area contributed by atoms with Crippen LogP contribution in [0.2, 0.25) is 0 Å². The third-order valence-electron chi connectivity index (χ3n) is 7.14. The van der Waals surface area contributed by atoms with Gasteiger partial charge in [-0.05, 0) is 62.6 Å². The number of aliphatic carboxylic acids is 1. The lowest BCUT2D eigenvalue weighted by Gasteiger charge is -2.34. The molecule has 1 saturated carbocycles. The number of aromatic amines is 1. The van der Waals surface area contributed by atoms with Crippen molar-refractivity contribution >= 4 is 28.0 Å². The normalized spacial score (nSPS) is 21.3. The summed E-state index contributed by atoms with van der Waals surface area (Å²) in [6.07, 6.45) is 4.30. The van der Waals surface area contributed by atoms with Crippen LogP contribution in [0, 0.1) is 17.0 Å². The van der Waals surface area contributed by atoms with E-state index in [1.807, 2.05) is 17.6 Å². The Balaban J connectivity index is 1.77. The number of nitrogens with zero attached hydrogens (tertiary/aromatic N) is 3. The predicted molar refractivity (Wildman–Crippen MR) is 122 cm³/mol. The number of H-pyrrole nitrogens is 1. The van der Waals surface area contributed by atoms with Crippen molar-refractivity contribution < 1.29 is 18.7 Å². The molecule has 0 aliphatic heterocycles. The lowest BCUT2D eigenvalue weighted by molar-refractivity contribution is -0.149. The van der Waals surface area contributed by atoms with E-state index in [-0.39, 0.29) is 11.8 Å². The van der Waals surface area contributed by atoms with Crippen LogP contribution >= 0.6 is 0 Å². The van der Waals surface area contributed by atoms with Crippen molar-refractivity contribution in [2.24, 2.45) is 5.41 Å². The van der Waals surface area contributed by atoms with Gasteiger partial charge in [-0.15, -0.1) is 0 Å². The molecule has 6 nitrogen and oxygen atoms in total. The van der Waals surface area contributed by atoms with Gasteiger partial charge in [0.25, 0.3) is 0 Å². The lowest BCUT2D eigenvalue weighted by Crippen LogP contribution is -2.32. The molecule has 0 bridgehead atoms. The maximum Gasteiger partial charge on any atom is 0.309 e. The Morgan fingerprint density at radius 3 is 2.58 bits per heavy atom. The Morgan fingerprint density at radius 1 is 1.21 bits per heavy atom. The number of hydrogen-bond acceptors (Lipinski definition) is 3. The number of rotatable bonds is 4. The van der Waals surface area contributed by atoms with Crippen LogP contribution in [-0.2, 0) is 4.79 Å². The quantitative estimate of drug-likeness (QED) is 0.395. The van der Waals surface area contributed by atoms with Crippen molar-refractivity contribution in [3.8, 4) is 5.69 Å². The monoisotopic (exact) mass is 452 g/mol. The molecule has 1 aromatic carbocycles. The van der Waals surface area contributed by atoms with Crippen LogP contribution in [0.1, 0.15) is 69.5 Å². The Hall–Kier alpha value is -3.29. The number of hydrogen-bond donors (Lipinski definition) is 2. The van der Waals surface area contributed by atoms with E-state index in [1.165, 1.54) is 6.07 Å². The molecule has 0 saturated heterocycles. The summed E-state index contributed by atoms with van der Waals surface area (Å²) in [5.41, 5.74) is 4.13. The molecule has 1 aliphatic carbocycles. The second kappa shape index (κ2) is 7.64. The minimum atomic E-state index is -0.905. The van der Waals surface area contributed by atoms with Gasteiger partial charge in [0.1, 0.15) is 0 Å². The highest BCUT2D eigenvalue weighted by atomic mass is 19.2. The van der Waals surface area contributed by atoms with E-state index in [0.717, 1.165) is 46.6 Å². The number of halogens is 2. The summed E-state index contributed by atoms with van der Waals surface area (Å²) in [5, 5.41) is 17.5. The van der Waals surface area contributed by atoms with Crippen molar-refractivity contribution in [3.63, 3.8) is 0 Å². The first-order valence-electron chi connectivity index (χ1n) is 11.3. The summed E-state index contributed by atoms with van der Waals surface area (Å²) in [6.45, 7) is 5.96. The van der Waals surface area contributed by atoms with Gasteiger partial charge in [0, 0.05) is 28.4 Å². The molecule has 0 atom stereocenters. The topological polar surface area (TPSA) is 83.8 Å². The molecule has 0 amide bonds. The predicted octanol–water partition coefficient (Wildman–Crippen LogP) is 6.05. The van der Waals surface area contributed by atoms with Gasteiger partial charge in [0.05, 0.1) is 22.6 Å². The molecular weight excluding hydrogens is 426 g/mol. The molecule has 3 heterocycles. The molecule has 3 aromatic heterocycles. The maximum atomic E-state index is 14.2. The molecule has 0 radical (unpaired) electrons. The fraction of sp³-hybridized carbons (Fsp3) is 0.400. The van der Waals surface area contributed by atoms with Gasteiger partial charge >= 0.3 is 5.97 Å². The number of pyridine rings is 1. The van der Waals surface area contributed by atoms with E-state index >= 15 is 0 Å². The number of aromatic nitrogens is 4. The van der Waals surface area contributed by atoms with Gasteiger partial charge in [-0.3, -0.25) is 9.89 Å². The molecule has 0 spiro atoms. The first-order valence-corrected chi connectivity index (χ1v) is 11.3. The maximum absolute atomic E-state index is 14.2. The highest BCUT2D eigenvalue weighted by molar-refractivity contribution is 5.93. The fourth-order valence-electron chi connectivity index (χ4n) is 5.24.